The summed E-state index contributed by atoms with van der Waals surface area (Å²) in [4.78, 5) is 2.36. The van der Waals surface area contributed by atoms with E-state index >= 15 is 0 Å². The van der Waals surface area contributed by atoms with Gasteiger partial charge in [0.2, 0.25) is 0 Å². The van der Waals surface area contributed by atoms with Crippen molar-refractivity contribution >= 4 is 55.9 Å². The highest BCUT2D eigenvalue weighted by molar-refractivity contribution is 7.91. The average molecular weight is 614 g/mol. The molecular weight excluding hydrogens is 581 g/mol. The molecule has 1 aromatic heterocycles. The van der Waals surface area contributed by atoms with Gasteiger partial charge in [0.05, 0.1) is 44.9 Å². The zero-order chi connectivity index (χ0) is 29.2. The third-order valence-electron chi connectivity index (χ3n) is 6.73. The van der Waals surface area contributed by atoms with Crippen LogP contribution in [-0.4, -0.2) is 78.0 Å². The normalized spacial score (nSPS) is 18.5. The van der Waals surface area contributed by atoms with Gasteiger partial charge in [0.25, 0.3) is 0 Å². The maximum Gasteiger partial charge on any atom is 0.393 e. The first-order valence-electron chi connectivity index (χ1n) is 12.7. The van der Waals surface area contributed by atoms with Crippen LogP contribution in [0, 0.1) is 11.8 Å². The molecule has 1 aliphatic rings. The first-order chi connectivity index (χ1) is 18.7. The third-order valence-corrected chi connectivity index (χ3v) is 10.4. The topological polar surface area (TPSA) is 61.4 Å². The fraction of sp³-hybridized carbons (Fsp3) is 0.429. The van der Waals surface area contributed by atoms with E-state index in [-0.39, 0.29) is 21.9 Å². The van der Waals surface area contributed by atoms with Crippen molar-refractivity contribution in [3.05, 3.63) is 46.8 Å². The number of thiophene rings is 1. The SMILES string of the molecule is CN1CC[C@@H](Nc2cccc3c(CC(F)(F)F)c(C#CCNc4ccc(P(C)C)cc4S(C)(=O)=O)sc23)[C@@H](F)C1. The first-order valence-corrected chi connectivity index (χ1v) is 17.6. The van der Waals surface area contributed by atoms with E-state index in [1.54, 1.807) is 30.3 Å². The molecule has 12 heteroatoms. The van der Waals surface area contributed by atoms with Crippen LogP contribution in [0.2, 0.25) is 0 Å². The van der Waals surface area contributed by atoms with E-state index in [2.05, 4.69) is 22.5 Å². The van der Waals surface area contributed by atoms with E-state index in [4.69, 9.17) is 0 Å². The van der Waals surface area contributed by atoms with Crippen LogP contribution in [0.1, 0.15) is 16.9 Å². The van der Waals surface area contributed by atoms with Gasteiger partial charge in [-0.05, 0) is 61.3 Å². The van der Waals surface area contributed by atoms with Gasteiger partial charge in [-0.25, -0.2) is 12.8 Å². The number of piperidine rings is 1. The summed E-state index contributed by atoms with van der Waals surface area (Å²) in [6.07, 6.45) is -4.94. The molecule has 2 N–H and O–H groups in total. The van der Waals surface area contributed by atoms with E-state index < -0.39 is 42.6 Å². The summed E-state index contributed by atoms with van der Waals surface area (Å²) in [5.41, 5.74) is 1.08. The van der Waals surface area contributed by atoms with Crippen molar-refractivity contribution < 1.29 is 26.0 Å². The molecule has 1 aliphatic heterocycles. The van der Waals surface area contributed by atoms with Gasteiger partial charge >= 0.3 is 6.18 Å². The number of rotatable bonds is 7. The maximum absolute atomic E-state index is 14.7. The molecule has 0 spiro atoms. The van der Waals surface area contributed by atoms with E-state index in [9.17, 15) is 26.0 Å². The molecular formula is C28H32F4N3O2PS2. The number of sulfone groups is 1. The molecule has 2 heterocycles. The smallest absolute Gasteiger partial charge is 0.378 e. The highest BCUT2D eigenvalue weighted by Crippen LogP contribution is 2.39. The van der Waals surface area contributed by atoms with E-state index in [0.29, 0.717) is 34.4 Å². The van der Waals surface area contributed by atoms with Crippen molar-refractivity contribution in [2.45, 2.75) is 36.1 Å². The van der Waals surface area contributed by atoms with Gasteiger partial charge in [0.1, 0.15) is 6.17 Å². The number of alkyl halides is 4. The van der Waals surface area contributed by atoms with Gasteiger partial charge in [-0.2, -0.15) is 13.2 Å². The Hall–Kier alpha value is -2.38. The van der Waals surface area contributed by atoms with Crippen molar-refractivity contribution in [2.24, 2.45) is 0 Å². The monoisotopic (exact) mass is 613 g/mol. The van der Waals surface area contributed by atoms with Gasteiger partial charge < -0.3 is 15.5 Å². The number of halogens is 4. The Balaban J connectivity index is 1.63. The van der Waals surface area contributed by atoms with Crippen LogP contribution in [0.4, 0.5) is 28.9 Å². The number of fused-ring (bicyclic) bond motifs is 1. The fourth-order valence-electron chi connectivity index (χ4n) is 4.69. The molecule has 1 saturated heterocycles. The van der Waals surface area contributed by atoms with Gasteiger partial charge in [-0.1, -0.05) is 38.0 Å². The molecule has 2 atom stereocenters. The Labute approximate surface area is 238 Å². The van der Waals surface area contributed by atoms with Crippen LogP contribution < -0.4 is 15.9 Å². The molecule has 5 nitrogen and oxygen atoms in total. The third kappa shape index (κ3) is 7.47. The largest absolute Gasteiger partial charge is 0.393 e. The highest BCUT2D eigenvalue weighted by Gasteiger charge is 2.32. The Morgan fingerprint density at radius 3 is 2.58 bits per heavy atom. The molecule has 0 unspecified atom stereocenters. The van der Waals surface area contributed by atoms with Crippen LogP contribution in [0.3, 0.4) is 0 Å². The summed E-state index contributed by atoms with van der Waals surface area (Å²) >= 11 is 1.15. The molecule has 0 aliphatic carbocycles. The number of hydrogen-bond acceptors (Lipinski definition) is 6. The van der Waals surface area contributed by atoms with E-state index in [0.717, 1.165) is 29.4 Å². The Bertz CT molecular complexity index is 1540. The summed E-state index contributed by atoms with van der Waals surface area (Å²) < 4.78 is 80.7. The average Bonchev–Trinajstić information content (AvgIpc) is 3.19. The van der Waals surface area contributed by atoms with E-state index in [1.165, 1.54) is 0 Å². The second-order valence-corrected chi connectivity index (χ2v) is 15.5. The van der Waals surface area contributed by atoms with Crippen LogP contribution in [0.5, 0.6) is 0 Å². The summed E-state index contributed by atoms with van der Waals surface area (Å²) in [7, 11) is -2.15. The Morgan fingerprint density at radius 1 is 1.18 bits per heavy atom. The van der Waals surface area contributed by atoms with Crippen LogP contribution in [-0.2, 0) is 16.3 Å². The summed E-state index contributed by atoms with van der Waals surface area (Å²) in [5.74, 6) is 5.75. The van der Waals surface area contributed by atoms with Crippen molar-refractivity contribution in [3.8, 4) is 11.8 Å². The van der Waals surface area contributed by atoms with E-state index in [1.807, 2.05) is 31.3 Å². The molecule has 3 aromatic rings. The molecule has 2 aromatic carbocycles. The fourth-order valence-corrected chi connectivity index (χ4v) is 7.58. The summed E-state index contributed by atoms with van der Waals surface area (Å²) in [6, 6.07) is 9.86. The molecule has 1 fully saturated rings. The number of hydrogen-bond donors (Lipinski definition) is 2. The van der Waals surface area contributed by atoms with Gasteiger partial charge in [-0.15, -0.1) is 11.3 Å². The number of nitrogens with one attached hydrogen (secondary N) is 2. The Kier molecular flexibility index (Phi) is 9.35. The van der Waals surface area contributed by atoms with Gasteiger partial charge in [0.15, 0.2) is 9.84 Å². The lowest BCUT2D eigenvalue weighted by Crippen LogP contribution is -2.46. The lowest BCUT2D eigenvalue weighted by Gasteiger charge is -2.33. The molecule has 216 valence electrons. The number of nitrogens with zero attached hydrogens (tertiary/aromatic N) is 1. The zero-order valence-electron chi connectivity index (χ0n) is 22.7. The lowest BCUT2D eigenvalue weighted by molar-refractivity contribution is -0.126. The van der Waals surface area contributed by atoms with Crippen LogP contribution in [0.15, 0.2) is 41.3 Å². The first kappa shape index (κ1) is 30.6. The molecule has 0 radical (unpaired) electrons. The number of likely N-dealkylation sites (tertiary alicyclic amines) is 1. The molecule has 40 heavy (non-hydrogen) atoms. The number of benzene rings is 2. The molecule has 0 amide bonds. The highest BCUT2D eigenvalue weighted by atomic mass is 32.2. The van der Waals surface area contributed by atoms with Crippen LogP contribution in [0.25, 0.3) is 10.1 Å². The quantitative estimate of drug-likeness (QED) is 0.204. The minimum atomic E-state index is -4.44. The predicted molar refractivity (Wildman–Crippen MR) is 159 cm³/mol. The standard InChI is InChI=1S/C28H32F4N3O2PS2/c1-35-14-12-22(21(29)17-35)34-24-8-5-7-19-20(16-28(30,31)32)25(39-27(19)24)9-6-13-33-23-11-10-18(38(2)3)15-26(23)40(4,36)37/h5,7-8,10-11,15,21-22,33-34H,12-14,16-17H2,1-4H3/t21-,22+/m0/s1. The van der Waals surface area contributed by atoms with Gasteiger partial charge in [0, 0.05) is 19.3 Å². The van der Waals surface area contributed by atoms with Crippen molar-refractivity contribution in [1.82, 2.24) is 4.90 Å². The lowest BCUT2D eigenvalue weighted by atomic mass is 10.0. The minimum absolute atomic E-state index is 0.0405. The predicted octanol–water partition coefficient (Wildman–Crippen LogP) is 5.69. The summed E-state index contributed by atoms with van der Waals surface area (Å²) in [6.45, 7) is 5.12. The number of anilines is 2. The van der Waals surface area contributed by atoms with Crippen molar-refractivity contribution in [2.75, 3.05) is 56.9 Å². The maximum atomic E-state index is 14.7. The molecule has 0 bridgehead atoms. The second-order valence-electron chi connectivity index (χ2n) is 10.2. The van der Waals surface area contributed by atoms with Crippen LogP contribution >= 0.6 is 19.3 Å². The molecule has 4 rings (SSSR count). The van der Waals surface area contributed by atoms with Crippen molar-refractivity contribution in [1.29, 1.82) is 0 Å². The summed E-state index contributed by atoms with van der Waals surface area (Å²) in [5, 5.41) is 7.63. The minimum Gasteiger partial charge on any atom is -0.378 e. The Morgan fingerprint density at radius 2 is 1.93 bits per heavy atom. The second kappa shape index (κ2) is 12.2. The zero-order valence-corrected chi connectivity index (χ0v) is 25.2. The van der Waals surface area contributed by atoms with Gasteiger partial charge in [-0.3, -0.25) is 0 Å². The molecule has 0 saturated carbocycles. The van der Waals surface area contributed by atoms with Crippen molar-refractivity contribution in [3.63, 3.8) is 0 Å².